The first kappa shape index (κ1) is 48.7. The number of rotatable bonds is 19. The van der Waals surface area contributed by atoms with Gasteiger partial charge in [-0.2, -0.15) is 9.10 Å². The molecule has 0 saturated carbocycles. The SMILES string of the molecule is COc1ccc(CN(Cc2ccc(OC)cc2)S(=O)(=O)c2c(S(=O)(=O)NC[C@H](O)CNC(=O)OC(C)(C)C)ccc(-c3ccc(N)c(N)c3)c2-c2nnn(Cc3ccc(OC)cc3)n2)cc1. The second-order valence-corrected chi connectivity index (χ2v) is 19.6. The Balaban J connectivity index is 1.56. The summed E-state index contributed by atoms with van der Waals surface area (Å²) < 4.78 is 85.8. The van der Waals surface area contributed by atoms with Gasteiger partial charge in [-0.25, -0.2) is 26.4 Å². The van der Waals surface area contributed by atoms with E-state index in [1.165, 1.54) is 37.2 Å². The van der Waals surface area contributed by atoms with Crippen LogP contribution in [0, 0.1) is 0 Å². The molecule has 350 valence electrons. The summed E-state index contributed by atoms with van der Waals surface area (Å²) in [4.78, 5) is 12.2. The first-order valence-electron chi connectivity index (χ1n) is 20.4. The zero-order valence-electron chi connectivity index (χ0n) is 37.3. The summed E-state index contributed by atoms with van der Waals surface area (Å²) in [5.74, 6) is 1.46. The summed E-state index contributed by atoms with van der Waals surface area (Å²) >= 11 is 0. The van der Waals surface area contributed by atoms with E-state index in [2.05, 4.69) is 25.4 Å². The van der Waals surface area contributed by atoms with Crippen LogP contribution in [0.15, 0.2) is 113 Å². The smallest absolute Gasteiger partial charge is 0.407 e. The average molecular weight is 944 g/mol. The number of nitrogens with zero attached hydrogens (tertiary/aromatic N) is 5. The third-order valence-corrected chi connectivity index (χ3v) is 13.5. The minimum atomic E-state index is -4.98. The van der Waals surface area contributed by atoms with E-state index in [0.29, 0.717) is 33.9 Å². The van der Waals surface area contributed by atoms with E-state index in [4.69, 9.17) is 30.4 Å². The van der Waals surface area contributed by atoms with Crippen molar-refractivity contribution in [3.8, 4) is 39.8 Å². The topological polar surface area (TPSA) is 265 Å². The maximum absolute atomic E-state index is 15.9. The molecular formula is C45H53N9O10S2. The van der Waals surface area contributed by atoms with Gasteiger partial charge in [-0.3, -0.25) is 0 Å². The van der Waals surface area contributed by atoms with Gasteiger partial charge in [0.25, 0.3) is 0 Å². The molecule has 0 aliphatic rings. The molecule has 1 amide bonds. The van der Waals surface area contributed by atoms with Gasteiger partial charge < -0.3 is 40.8 Å². The molecule has 0 saturated heterocycles. The highest BCUT2D eigenvalue weighted by Gasteiger charge is 2.38. The molecule has 19 nitrogen and oxygen atoms in total. The van der Waals surface area contributed by atoms with Gasteiger partial charge >= 0.3 is 6.09 Å². The maximum Gasteiger partial charge on any atom is 0.407 e. The van der Waals surface area contributed by atoms with Crippen LogP contribution in [-0.2, 0) is 44.4 Å². The maximum atomic E-state index is 15.9. The second kappa shape index (κ2) is 20.6. The molecule has 0 aliphatic heterocycles. The van der Waals surface area contributed by atoms with Crippen molar-refractivity contribution in [2.75, 3.05) is 45.9 Å². The number of nitrogens with two attached hydrogens (primary N) is 2. The van der Waals surface area contributed by atoms with Crippen LogP contribution >= 0.6 is 0 Å². The molecule has 0 radical (unpaired) electrons. The second-order valence-electron chi connectivity index (χ2n) is 16.0. The lowest BCUT2D eigenvalue weighted by Gasteiger charge is -2.26. The Labute approximate surface area is 383 Å². The van der Waals surface area contributed by atoms with Crippen molar-refractivity contribution < 1.29 is 45.7 Å². The number of nitrogen functional groups attached to an aromatic ring is 2. The number of aliphatic hydroxyl groups is 1. The van der Waals surface area contributed by atoms with E-state index in [0.717, 1.165) is 15.9 Å². The fraction of sp³-hybridized carbons (Fsp3) is 0.289. The normalized spacial score (nSPS) is 12.4. The zero-order valence-corrected chi connectivity index (χ0v) is 38.9. The number of methoxy groups -OCH3 is 3. The summed E-state index contributed by atoms with van der Waals surface area (Å²) in [5.41, 5.74) is 14.2. The van der Waals surface area contributed by atoms with Crippen LogP contribution in [0.4, 0.5) is 16.2 Å². The molecule has 0 unspecified atom stereocenters. The van der Waals surface area contributed by atoms with E-state index >= 15 is 8.42 Å². The quantitative estimate of drug-likeness (QED) is 0.0683. The number of aromatic nitrogens is 4. The third kappa shape index (κ3) is 12.1. The Kier molecular flexibility index (Phi) is 15.2. The minimum Gasteiger partial charge on any atom is -0.497 e. The Morgan fingerprint density at radius 2 is 1.30 bits per heavy atom. The van der Waals surface area contributed by atoms with Gasteiger partial charge in [0.15, 0.2) is 0 Å². The number of hydrogen-bond donors (Lipinski definition) is 5. The number of alkyl carbamates (subject to hydrolysis) is 1. The van der Waals surface area contributed by atoms with Crippen molar-refractivity contribution in [2.45, 2.75) is 61.9 Å². The number of carbonyl (C=O) groups excluding carboxylic acids is 1. The lowest BCUT2D eigenvalue weighted by atomic mass is 9.98. The van der Waals surface area contributed by atoms with Crippen LogP contribution in [-0.4, -0.2) is 98.7 Å². The molecule has 7 N–H and O–H groups in total. The number of tetrazole rings is 1. The van der Waals surface area contributed by atoms with E-state index in [-0.39, 0.29) is 48.0 Å². The highest BCUT2D eigenvalue weighted by Crippen LogP contribution is 2.42. The van der Waals surface area contributed by atoms with Crippen LogP contribution in [0.3, 0.4) is 0 Å². The van der Waals surface area contributed by atoms with Crippen molar-refractivity contribution in [1.29, 1.82) is 0 Å². The Hall–Kier alpha value is -6.78. The van der Waals surface area contributed by atoms with Crippen LogP contribution in [0.1, 0.15) is 37.5 Å². The van der Waals surface area contributed by atoms with Crippen molar-refractivity contribution >= 4 is 37.5 Å². The monoisotopic (exact) mass is 943 g/mol. The number of sulfonamides is 2. The molecule has 21 heteroatoms. The predicted octanol–water partition coefficient (Wildman–Crippen LogP) is 4.80. The number of anilines is 2. The van der Waals surface area contributed by atoms with Gasteiger partial charge in [0, 0.05) is 26.2 Å². The van der Waals surface area contributed by atoms with Crippen LogP contribution < -0.4 is 35.7 Å². The van der Waals surface area contributed by atoms with Crippen molar-refractivity contribution in [3.63, 3.8) is 0 Å². The number of ether oxygens (including phenoxy) is 4. The lowest BCUT2D eigenvalue weighted by molar-refractivity contribution is 0.0494. The fourth-order valence-corrected chi connectivity index (χ4v) is 10.1. The van der Waals surface area contributed by atoms with E-state index in [9.17, 15) is 18.3 Å². The van der Waals surface area contributed by atoms with Gasteiger partial charge in [-0.15, -0.1) is 10.2 Å². The van der Waals surface area contributed by atoms with Crippen LogP contribution in [0.25, 0.3) is 22.5 Å². The van der Waals surface area contributed by atoms with Crippen LogP contribution in [0.5, 0.6) is 17.2 Å². The van der Waals surface area contributed by atoms with Crippen molar-refractivity contribution in [1.82, 2.24) is 34.6 Å². The highest BCUT2D eigenvalue weighted by molar-refractivity contribution is 7.92. The van der Waals surface area contributed by atoms with Crippen molar-refractivity contribution in [3.05, 3.63) is 120 Å². The first-order chi connectivity index (χ1) is 31.3. The molecule has 6 aromatic rings. The molecule has 1 atom stereocenters. The largest absolute Gasteiger partial charge is 0.497 e. The van der Waals surface area contributed by atoms with Gasteiger partial charge in [0.1, 0.15) is 32.6 Å². The van der Waals surface area contributed by atoms with Gasteiger partial charge in [-0.05, 0) is 108 Å². The molecular weight excluding hydrogens is 891 g/mol. The highest BCUT2D eigenvalue weighted by atomic mass is 32.2. The molecule has 0 fully saturated rings. The Bertz CT molecular complexity index is 2800. The number of hydrogen-bond acceptors (Lipinski definition) is 15. The minimum absolute atomic E-state index is 0.0963. The molecule has 6 rings (SSSR count). The van der Waals surface area contributed by atoms with E-state index in [1.54, 1.807) is 107 Å². The summed E-state index contributed by atoms with van der Waals surface area (Å²) in [7, 11) is -5.28. The zero-order chi connectivity index (χ0) is 47.8. The Morgan fingerprint density at radius 1 is 0.758 bits per heavy atom. The molecule has 1 heterocycles. The van der Waals surface area contributed by atoms with Crippen LogP contribution in [0.2, 0.25) is 0 Å². The molecule has 0 bridgehead atoms. The molecule has 66 heavy (non-hydrogen) atoms. The number of nitrogens with one attached hydrogen (secondary N) is 2. The van der Waals surface area contributed by atoms with E-state index in [1.807, 2.05) is 0 Å². The molecule has 0 aliphatic carbocycles. The predicted molar refractivity (Wildman–Crippen MR) is 247 cm³/mol. The summed E-state index contributed by atoms with van der Waals surface area (Å²) in [6.07, 6.45) is -2.30. The molecule has 1 aromatic heterocycles. The number of aliphatic hydroxyl groups excluding tert-OH is 1. The average Bonchev–Trinajstić information content (AvgIpc) is 3.76. The standard InChI is InChI=1S/C45H53N9O10S2/c1-45(2,3)64-44(56)48-24-33(55)25-49-65(57,58)40-22-20-37(32-13-21-38(46)39(47)23-32)41(43-50-52-54(51-43)28-31-11-18-36(63-6)19-12-31)42(40)66(59,60)53(26-29-7-14-34(61-4)15-8-29)27-30-9-16-35(62-5)17-10-30/h7-23,33,49,55H,24-28,46-47H2,1-6H3,(H,48,56)/t33-/m1/s1. The Morgan fingerprint density at radius 3 is 1.82 bits per heavy atom. The molecule has 0 spiro atoms. The summed E-state index contributed by atoms with van der Waals surface area (Å²) in [6.45, 7) is 3.57. The van der Waals surface area contributed by atoms with Crippen molar-refractivity contribution in [2.24, 2.45) is 0 Å². The summed E-state index contributed by atoms with van der Waals surface area (Å²) in [6, 6.07) is 27.8. The number of carbonyl (C=O) groups is 1. The van der Waals surface area contributed by atoms with E-state index < -0.39 is 60.7 Å². The van der Waals surface area contributed by atoms with Gasteiger partial charge in [0.05, 0.1) is 50.9 Å². The third-order valence-electron chi connectivity index (χ3n) is 9.99. The lowest BCUT2D eigenvalue weighted by Crippen LogP contribution is -2.42. The van der Waals surface area contributed by atoms with Gasteiger partial charge in [0.2, 0.25) is 25.9 Å². The van der Waals surface area contributed by atoms with Gasteiger partial charge in [-0.1, -0.05) is 48.5 Å². The summed E-state index contributed by atoms with van der Waals surface area (Å²) in [5, 5.41) is 26.5. The fourth-order valence-electron chi connectivity index (χ4n) is 6.64. The first-order valence-corrected chi connectivity index (χ1v) is 23.4. The molecule has 5 aromatic carbocycles. The number of benzene rings is 5. The number of amides is 1.